The minimum atomic E-state index is -0.739. The van der Waals surface area contributed by atoms with Gasteiger partial charge in [-0.1, -0.05) is 0 Å². The van der Waals surface area contributed by atoms with E-state index in [1.165, 1.54) is 26.2 Å². The van der Waals surface area contributed by atoms with Crippen LogP contribution in [0, 0.1) is 5.82 Å². The van der Waals surface area contributed by atoms with Gasteiger partial charge >= 0.3 is 6.03 Å². The highest BCUT2D eigenvalue weighted by molar-refractivity contribution is 6.01. The molecule has 1 aromatic carbocycles. The zero-order valence-corrected chi connectivity index (χ0v) is 8.83. The van der Waals surface area contributed by atoms with Crippen LogP contribution in [0.25, 0.3) is 0 Å². The Morgan fingerprint density at radius 2 is 2.06 bits per heavy atom. The van der Waals surface area contributed by atoms with Crippen LogP contribution in [0.15, 0.2) is 18.2 Å². The third-order valence-corrected chi connectivity index (χ3v) is 1.70. The zero-order valence-electron chi connectivity index (χ0n) is 8.83. The second kappa shape index (κ2) is 5.11. The maximum atomic E-state index is 12.9. The van der Waals surface area contributed by atoms with Crippen LogP contribution in [0.3, 0.4) is 0 Å². The lowest BCUT2D eigenvalue weighted by atomic mass is 10.3. The number of hydrogen-bond donors (Lipinski definition) is 2. The number of halogens is 1. The first-order valence-electron chi connectivity index (χ1n) is 4.45. The molecule has 0 saturated carbocycles. The van der Waals surface area contributed by atoms with Crippen molar-refractivity contribution in [2.24, 2.45) is 0 Å². The molecule has 0 radical (unpaired) electrons. The summed E-state index contributed by atoms with van der Waals surface area (Å²) in [7, 11) is 1.39. The van der Waals surface area contributed by atoms with Crippen LogP contribution in [0.4, 0.5) is 14.9 Å². The van der Waals surface area contributed by atoms with Gasteiger partial charge in [0.1, 0.15) is 11.6 Å². The number of carbonyl (C=O) groups is 2. The molecule has 0 aliphatic heterocycles. The second-order valence-electron chi connectivity index (χ2n) is 2.98. The van der Waals surface area contributed by atoms with E-state index < -0.39 is 17.8 Å². The lowest BCUT2D eigenvalue weighted by Gasteiger charge is -2.09. The van der Waals surface area contributed by atoms with Crippen LogP contribution in [-0.4, -0.2) is 19.0 Å². The third-order valence-electron chi connectivity index (χ3n) is 1.70. The molecular formula is C10H11FN2O3. The van der Waals surface area contributed by atoms with Gasteiger partial charge in [0, 0.05) is 13.0 Å². The SMILES string of the molecule is COc1ccc(F)cc1NC(=O)NC(C)=O. The molecule has 0 saturated heterocycles. The van der Waals surface area contributed by atoms with Crippen molar-refractivity contribution in [3.8, 4) is 5.75 Å². The van der Waals surface area contributed by atoms with Crippen molar-refractivity contribution >= 4 is 17.6 Å². The standard InChI is InChI=1S/C10H11FN2O3/c1-6(14)12-10(15)13-8-5-7(11)3-4-9(8)16-2/h3-5H,1-2H3,(H2,12,13,14,15). The number of carbonyl (C=O) groups excluding carboxylic acids is 2. The lowest BCUT2D eigenvalue weighted by molar-refractivity contribution is -0.117. The Balaban J connectivity index is 2.83. The van der Waals surface area contributed by atoms with Crippen molar-refractivity contribution in [3.05, 3.63) is 24.0 Å². The van der Waals surface area contributed by atoms with E-state index >= 15 is 0 Å². The van der Waals surface area contributed by atoms with Crippen LogP contribution < -0.4 is 15.4 Å². The maximum Gasteiger partial charge on any atom is 0.325 e. The fraction of sp³-hybridized carbons (Fsp3) is 0.200. The number of nitrogens with one attached hydrogen (secondary N) is 2. The Labute approximate surface area is 91.6 Å². The number of imide groups is 1. The number of anilines is 1. The molecule has 0 fully saturated rings. The molecule has 0 unspecified atom stereocenters. The summed E-state index contributed by atoms with van der Waals surface area (Å²) in [6.07, 6.45) is 0. The molecule has 1 aromatic rings. The van der Waals surface area contributed by atoms with Gasteiger partial charge in [-0.15, -0.1) is 0 Å². The maximum absolute atomic E-state index is 12.9. The Morgan fingerprint density at radius 1 is 1.38 bits per heavy atom. The molecule has 0 heterocycles. The summed E-state index contributed by atoms with van der Waals surface area (Å²) in [6.45, 7) is 1.20. The quantitative estimate of drug-likeness (QED) is 0.803. The largest absolute Gasteiger partial charge is 0.495 e. The molecule has 3 amide bonds. The lowest BCUT2D eigenvalue weighted by Crippen LogP contribution is -2.32. The third kappa shape index (κ3) is 3.23. The molecule has 0 aliphatic carbocycles. The van der Waals surface area contributed by atoms with Gasteiger partial charge in [-0.3, -0.25) is 10.1 Å². The molecule has 0 aromatic heterocycles. The first-order valence-corrected chi connectivity index (χ1v) is 4.45. The highest BCUT2D eigenvalue weighted by atomic mass is 19.1. The molecule has 0 atom stereocenters. The number of urea groups is 1. The fourth-order valence-electron chi connectivity index (χ4n) is 1.09. The van der Waals surface area contributed by atoms with Gasteiger partial charge < -0.3 is 10.1 Å². The van der Waals surface area contributed by atoms with Gasteiger partial charge in [0.25, 0.3) is 0 Å². The minimum Gasteiger partial charge on any atom is -0.495 e. The van der Waals surface area contributed by atoms with E-state index in [1.807, 2.05) is 5.32 Å². The average molecular weight is 226 g/mol. The molecule has 2 N–H and O–H groups in total. The Bertz CT molecular complexity index is 421. The van der Waals surface area contributed by atoms with Gasteiger partial charge in [-0.25, -0.2) is 9.18 Å². The predicted octanol–water partition coefficient (Wildman–Crippen LogP) is 1.50. The second-order valence-corrected chi connectivity index (χ2v) is 2.98. The molecule has 16 heavy (non-hydrogen) atoms. The first-order chi connectivity index (χ1) is 7.52. The van der Waals surface area contributed by atoms with Crippen LogP contribution >= 0.6 is 0 Å². The summed E-state index contributed by atoms with van der Waals surface area (Å²) in [6, 6.07) is 2.93. The van der Waals surface area contributed by atoms with Gasteiger partial charge in [0.15, 0.2) is 0 Å². The van der Waals surface area contributed by atoms with E-state index in [0.29, 0.717) is 5.75 Å². The summed E-state index contributed by atoms with van der Waals surface area (Å²) < 4.78 is 17.8. The Morgan fingerprint density at radius 3 is 2.62 bits per heavy atom. The monoisotopic (exact) mass is 226 g/mol. The Kier molecular flexibility index (Phi) is 3.82. The van der Waals surface area contributed by atoms with Gasteiger partial charge in [0.05, 0.1) is 12.8 Å². The number of ether oxygens (including phenoxy) is 1. The van der Waals surface area contributed by atoms with Crippen molar-refractivity contribution in [2.75, 3.05) is 12.4 Å². The minimum absolute atomic E-state index is 0.154. The number of methoxy groups -OCH3 is 1. The van der Waals surface area contributed by atoms with E-state index in [-0.39, 0.29) is 5.69 Å². The molecule has 0 bridgehead atoms. The van der Waals surface area contributed by atoms with E-state index in [9.17, 15) is 14.0 Å². The number of hydrogen-bond acceptors (Lipinski definition) is 3. The van der Waals surface area contributed by atoms with Gasteiger partial charge in [0.2, 0.25) is 5.91 Å². The summed E-state index contributed by atoms with van der Waals surface area (Å²) >= 11 is 0. The van der Waals surface area contributed by atoms with Crippen molar-refractivity contribution in [1.82, 2.24) is 5.32 Å². The van der Waals surface area contributed by atoms with Crippen LogP contribution in [0.1, 0.15) is 6.92 Å². The van der Waals surface area contributed by atoms with Crippen molar-refractivity contribution in [2.45, 2.75) is 6.92 Å². The molecule has 6 heteroatoms. The summed E-state index contributed by atoms with van der Waals surface area (Å²) in [5.41, 5.74) is 0.154. The summed E-state index contributed by atoms with van der Waals surface area (Å²) in [5.74, 6) is -0.716. The predicted molar refractivity (Wildman–Crippen MR) is 55.8 cm³/mol. The molecule has 0 aliphatic rings. The van der Waals surface area contributed by atoms with Crippen LogP contribution in [-0.2, 0) is 4.79 Å². The number of amides is 3. The van der Waals surface area contributed by atoms with E-state index in [0.717, 1.165) is 6.07 Å². The van der Waals surface area contributed by atoms with Crippen molar-refractivity contribution in [3.63, 3.8) is 0 Å². The average Bonchev–Trinajstić information content (AvgIpc) is 2.16. The highest BCUT2D eigenvalue weighted by Gasteiger charge is 2.09. The topological polar surface area (TPSA) is 67.4 Å². The molecule has 1 rings (SSSR count). The molecule has 0 spiro atoms. The highest BCUT2D eigenvalue weighted by Crippen LogP contribution is 2.24. The van der Waals surface area contributed by atoms with E-state index in [1.54, 1.807) is 0 Å². The van der Waals surface area contributed by atoms with Crippen molar-refractivity contribution < 1.29 is 18.7 Å². The van der Waals surface area contributed by atoms with Crippen molar-refractivity contribution in [1.29, 1.82) is 0 Å². The number of benzene rings is 1. The van der Waals surface area contributed by atoms with Gasteiger partial charge in [-0.2, -0.15) is 0 Å². The zero-order chi connectivity index (χ0) is 12.1. The molecule has 5 nitrogen and oxygen atoms in total. The van der Waals surface area contributed by atoms with Crippen LogP contribution in [0.5, 0.6) is 5.75 Å². The Hall–Kier alpha value is -2.11. The smallest absolute Gasteiger partial charge is 0.325 e. The van der Waals surface area contributed by atoms with Crippen LogP contribution in [0.2, 0.25) is 0 Å². The summed E-state index contributed by atoms with van der Waals surface area (Å²) in [4.78, 5) is 21.8. The molecule has 86 valence electrons. The van der Waals surface area contributed by atoms with E-state index in [4.69, 9.17) is 4.74 Å². The molecular weight excluding hydrogens is 215 g/mol. The fourth-order valence-corrected chi connectivity index (χ4v) is 1.09. The van der Waals surface area contributed by atoms with Gasteiger partial charge in [-0.05, 0) is 12.1 Å². The normalized spacial score (nSPS) is 9.44. The number of rotatable bonds is 2. The first kappa shape index (κ1) is 12.0. The van der Waals surface area contributed by atoms with E-state index in [2.05, 4.69) is 5.32 Å². The summed E-state index contributed by atoms with van der Waals surface area (Å²) in [5, 5.41) is 4.29.